The van der Waals surface area contributed by atoms with E-state index in [9.17, 15) is 4.79 Å². The lowest BCUT2D eigenvalue weighted by Gasteiger charge is -2.28. The molecule has 64 valence electrons. The molecule has 3 unspecified atom stereocenters. The second kappa shape index (κ2) is 3.72. The van der Waals surface area contributed by atoms with Crippen LogP contribution in [0.5, 0.6) is 0 Å². The molecule has 0 aromatic carbocycles. The number of carboxylic acid groups (broad SMARTS) is 1. The molecule has 1 aliphatic heterocycles. The Morgan fingerprint density at radius 2 is 2.27 bits per heavy atom. The molecule has 1 aliphatic rings. The number of hydrogen-bond acceptors (Lipinski definition) is 3. The lowest BCUT2D eigenvalue weighted by atomic mass is 10.1. The topological polar surface area (TPSA) is 37.3 Å². The van der Waals surface area contributed by atoms with Gasteiger partial charge < -0.3 is 5.11 Å². The summed E-state index contributed by atoms with van der Waals surface area (Å²) in [7, 11) is 0. The molecule has 0 aromatic heterocycles. The van der Waals surface area contributed by atoms with Crippen LogP contribution in [0.2, 0.25) is 0 Å². The van der Waals surface area contributed by atoms with Gasteiger partial charge in [0.05, 0.1) is 0 Å². The minimum Gasteiger partial charge on any atom is -0.480 e. The maximum Gasteiger partial charge on any atom is 0.317 e. The summed E-state index contributed by atoms with van der Waals surface area (Å²) in [6.07, 6.45) is 2.01. The predicted molar refractivity (Wildman–Crippen MR) is 50.5 cm³/mol. The number of thiol groups is 1. The number of hydrogen-bond donors (Lipinski definition) is 2. The molecular formula is C7H12O2S2. The van der Waals surface area contributed by atoms with Gasteiger partial charge in [-0.15, -0.1) is 11.8 Å². The molecule has 11 heavy (non-hydrogen) atoms. The van der Waals surface area contributed by atoms with E-state index in [1.807, 2.05) is 0 Å². The van der Waals surface area contributed by atoms with E-state index in [4.69, 9.17) is 5.11 Å². The van der Waals surface area contributed by atoms with Crippen LogP contribution >= 0.6 is 24.4 Å². The Hall–Kier alpha value is 0.170. The molecule has 4 heteroatoms. The van der Waals surface area contributed by atoms with Gasteiger partial charge in [0.15, 0.2) is 0 Å². The quantitative estimate of drug-likeness (QED) is 0.620. The van der Waals surface area contributed by atoms with Gasteiger partial charge in [0.2, 0.25) is 0 Å². The summed E-state index contributed by atoms with van der Waals surface area (Å²) in [6, 6.07) is 0. The molecule has 0 bridgehead atoms. The molecular weight excluding hydrogens is 180 g/mol. The third kappa shape index (κ3) is 2.30. The molecule has 3 atom stereocenters. The summed E-state index contributed by atoms with van der Waals surface area (Å²) in [5.74, 6) is -0.721. The van der Waals surface area contributed by atoms with Crippen molar-refractivity contribution in [2.45, 2.75) is 35.5 Å². The van der Waals surface area contributed by atoms with E-state index in [2.05, 4.69) is 19.6 Å². The van der Waals surface area contributed by atoms with E-state index >= 15 is 0 Å². The number of rotatable bonds is 1. The molecule has 0 radical (unpaired) electrons. The van der Waals surface area contributed by atoms with Crippen molar-refractivity contribution < 1.29 is 9.90 Å². The van der Waals surface area contributed by atoms with Gasteiger partial charge in [-0.3, -0.25) is 4.79 Å². The fourth-order valence-electron chi connectivity index (χ4n) is 1.19. The molecule has 0 aliphatic carbocycles. The van der Waals surface area contributed by atoms with Crippen LogP contribution in [0.3, 0.4) is 0 Å². The first-order chi connectivity index (χ1) is 5.11. The van der Waals surface area contributed by atoms with E-state index in [1.165, 1.54) is 11.8 Å². The van der Waals surface area contributed by atoms with Gasteiger partial charge >= 0.3 is 5.97 Å². The second-order valence-corrected chi connectivity index (χ2v) is 5.10. The van der Waals surface area contributed by atoms with Crippen molar-refractivity contribution in [2.75, 3.05) is 0 Å². The zero-order valence-corrected chi connectivity index (χ0v) is 8.07. The van der Waals surface area contributed by atoms with Crippen LogP contribution in [0.15, 0.2) is 0 Å². The average Bonchev–Trinajstić information content (AvgIpc) is 1.94. The van der Waals surface area contributed by atoms with Crippen molar-refractivity contribution in [1.82, 2.24) is 0 Å². The van der Waals surface area contributed by atoms with Crippen molar-refractivity contribution in [3.63, 3.8) is 0 Å². The van der Waals surface area contributed by atoms with Crippen molar-refractivity contribution >= 4 is 30.4 Å². The van der Waals surface area contributed by atoms with Crippen molar-refractivity contribution in [3.8, 4) is 0 Å². The third-order valence-electron chi connectivity index (χ3n) is 1.84. The first kappa shape index (κ1) is 9.26. The van der Waals surface area contributed by atoms with Gasteiger partial charge in [-0.05, 0) is 12.8 Å². The van der Waals surface area contributed by atoms with Gasteiger partial charge in [0.1, 0.15) is 5.25 Å². The zero-order valence-electron chi connectivity index (χ0n) is 6.36. The maximum atomic E-state index is 10.6. The Balaban J connectivity index is 2.54. The lowest BCUT2D eigenvalue weighted by molar-refractivity contribution is -0.136. The van der Waals surface area contributed by atoms with Gasteiger partial charge in [-0.2, -0.15) is 12.6 Å². The van der Waals surface area contributed by atoms with E-state index in [-0.39, 0.29) is 10.5 Å². The standard InChI is InChI=1S/C7H12O2S2/c1-4-2-3-5(10)6(11-4)7(8)9/h4-6,10H,2-3H2,1H3,(H,8,9). The van der Waals surface area contributed by atoms with Crippen LogP contribution in [0.1, 0.15) is 19.8 Å². The van der Waals surface area contributed by atoms with Gasteiger partial charge in [-0.1, -0.05) is 6.92 Å². The molecule has 1 saturated heterocycles. The summed E-state index contributed by atoms with van der Waals surface area (Å²) < 4.78 is 0. The number of aliphatic carboxylic acids is 1. The van der Waals surface area contributed by atoms with Crippen molar-refractivity contribution in [2.24, 2.45) is 0 Å². The van der Waals surface area contributed by atoms with Crippen molar-refractivity contribution in [1.29, 1.82) is 0 Å². The lowest BCUT2D eigenvalue weighted by Crippen LogP contribution is -2.33. The smallest absolute Gasteiger partial charge is 0.317 e. The highest BCUT2D eigenvalue weighted by Gasteiger charge is 2.31. The Bertz CT molecular complexity index is 161. The van der Waals surface area contributed by atoms with Crippen molar-refractivity contribution in [3.05, 3.63) is 0 Å². The molecule has 0 spiro atoms. The fourth-order valence-corrected chi connectivity index (χ4v) is 2.88. The van der Waals surface area contributed by atoms with Crippen LogP contribution in [0, 0.1) is 0 Å². The maximum absolute atomic E-state index is 10.6. The van der Waals surface area contributed by atoms with E-state index in [0.29, 0.717) is 5.25 Å². The molecule has 1 fully saturated rings. The zero-order chi connectivity index (χ0) is 8.43. The Morgan fingerprint density at radius 1 is 1.64 bits per heavy atom. The summed E-state index contributed by atoms with van der Waals surface area (Å²) in [5, 5.41) is 8.96. The molecule has 0 aromatic rings. The van der Waals surface area contributed by atoms with Crippen LogP contribution in [0.4, 0.5) is 0 Å². The number of thioether (sulfide) groups is 1. The van der Waals surface area contributed by atoms with Crippen LogP contribution in [-0.2, 0) is 4.79 Å². The summed E-state index contributed by atoms with van der Waals surface area (Å²) >= 11 is 5.76. The van der Waals surface area contributed by atoms with Gasteiger partial charge in [0, 0.05) is 10.5 Å². The van der Waals surface area contributed by atoms with Gasteiger partial charge in [-0.25, -0.2) is 0 Å². The Labute approximate surface area is 76.2 Å². The van der Waals surface area contributed by atoms with E-state index in [1.54, 1.807) is 0 Å². The highest BCUT2D eigenvalue weighted by Crippen LogP contribution is 2.34. The fraction of sp³-hybridized carbons (Fsp3) is 0.857. The minimum absolute atomic E-state index is 0.0358. The first-order valence-corrected chi connectivity index (χ1v) is 5.13. The predicted octanol–water partition coefficient (Wildman–Crippen LogP) is 1.65. The largest absolute Gasteiger partial charge is 0.480 e. The second-order valence-electron chi connectivity index (χ2n) is 2.85. The third-order valence-corrected chi connectivity index (χ3v) is 4.12. The minimum atomic E-state index is -0.721. The highest BCUT2D eigenvalue weighted by molar-refractivity contribution is 8.02. The van der Waals surface area contributed by atoms with Crippen LogP contribution < -0.4 is 0 Å². The molecule has 1 N–H and O–H groups in total. The molecule has 0 saturated carbocycles. The average molecular weight is 192 g/mol. The number of carboxylic acids is 1. The molecule has 1 rings (SSSR count). The van der Waals surface area contributed by atoms with Crippen LogP contribution in [0.25, 0.3) is 0 Å². The summed E-state index contributed by atoms with van der Waals surface area (Å²) in [5.41, 5.74) is 0. The Kier molecular flexibility index (Phi) is 3.13. The summed E-state index contributed by atoms with van der Waals surface area (Å²) in [4.78, 5) is 10.6. The van der Waals surface area contributed by atoms with E-state index in [0.717, 1.165) is 12.8 Å². The van der Waals surface area contributed by atoms with E-state index < -0.39 is 5.97 Å². The molecule has 1 heterocycles. The SMILES string of the molecule is CC1CCC(S)C(C(=O)O)S1. The first-order valence-electron chi connectivity index (χ1n) is 3.67. The Morgan fingerprint density at radius 3 is 2.73 bits per heavy atom. The number of carbonyl (C=O) groups is 1. The molecule has 0 amide bonds. The monoisotopic (exact) mass is 192 g/mol. The van der Waals surface area contributed by atoms with Gasteiger partial charge in [0.25, 0.3) is 0 Å². The molecule has 2 nitrogen and oxygen atoms in total. The summed E-state index contributed by atoms with van der Waals surface area (Å²) in [6.45, 7) is 2.07. The normalized spacial score (nSPS) is 38.5. The highest BCUT2D eigenvalue weighted by atomic mass is 32.2. The van der Waals surface area contributed by atoms with Crippen LogP contribution in [-0.4, -0.2) is 26.8 Å².